The lowest BCUT2D eigenvalue weighted by atomic mass is 10.1. The van der Waals surface area contributed by atoms with Gasteiger partial charge in [0, 0.05) is 18.2 Å². The quantitative estimate of drug-likeness (QED) is 0.381. The molecule has 0 radical (unpaired) electrons. The maximum atomic E-state index is 9.16. The van der Waals surface area contributed by atoms with E-state index in [2.05, 4.69) is 0 Å². The van der Waals surface area contributed by atoms with Crippen molar-refractivity contribution in [2.24, 2.45) is 0 Å². The van der Waals surface area contributed by atoms with E-state index in [-0.39, 0.29) is 30.3 Å². The van der Waals surface area contributed by atoms with Crippen LogP contribution in [0.3, 0.4) is 0 Å². The van der Waals surface area contributed by atoms with E-state index in [9.17, 15) is 0 Å². The molecule has 0 aliphatic rings. The van der Waals surface area contributed by atoms with E-state index in [0.29, 0.717) is 5.56 Å². The molecule has 0 unspecified atom stereocenters. The molecule has 0 heterocycles. The zero-order chi connectivity index (χ0) is 9.14. The number of benzene rings is 1. The van der Waals surface area contributed by atoms with Gasteiger partial charge in [-0.15, -0.1) is 0 Å². The molecule has 4 N–H and O–H groups in total. The minimum atomic E-state index is -0.366. The zero-order valence-electron chi connectivity index (χ0n) is 6.36. The minimum absolute atomic E-state index is 0.113. The third-order valence-electron chi connectivity index (χ3n) is 1.56. The van der Waals surface area contributed by atoms with Crippen molar-refractivity contribution >= 4 is 0 Å². The molecule has 0 bridgehead atoms. The Kier molecular flexibility index (Phi) is 2.40. The van der Waals surface area contributed by atoms with Gasteiger partial charge < -0.3 is 20.4 Å². The fourth-order valence-corrected chi connectivity index (χ4v) is 0.930. The van der Waals surface area contributed by atoms with Gasteiger partial charge in [-0.05, 0) is 12.5 Å². The highest BCUT2D eigenvalue weighted by Crippen LogP contribution is 2.32. The van der Waals surface area contributed by atoms with Crippen molar-refractivity contribution in [1.82, 2.24) is 0 Å². The molecule has 1 aromatic carbocycles. The van der Waals surface area contributed by atoms with Crippen molar-refractivity contribution in [3.8, 4) is 17.2 Å². The Morgan fingerprint density at radius 3 is 2.08 bits per heavy atom. The smallest absolute Gasteiger partial charge is 0.161 e. The Balaban J connectivity index is 3.05. The highest BCUT2D eigenvalue weighted by Gasteiger charge is 2.06. The van der Waals surface area contributed by atoms with Crippen LogP contribution in [0.1, 0.15) is 5.56 Å². The normalized spacial score (nSPS) is 10.1. The molecule has 66 valence electrons. The Hall–Kier alpha value is -1.42. The van der Waals surface area contributed by atoms with Crippen LogP contribution >= 0.6 is 0 Å². The lowest BCUT2D eigenvalue weighted by Gasteiger charge is -2.04. The van der Waals surface area contributed by atoms with Crippen LogP contribution in [0.2, 0.25) is 0 Å². The molecule has 1 aromatic rings. The van der Waals surface area contributed by atoms with Gasteiger partial charge >= 0.3 is 0 Å². The van der Waals surface area contributed by atoms with Crippen LogP contribution < -0.4 is 0 Å². The fraction of sp³-hybridized carbons (Fsp3) is 0.250. The molecule has 0 saturated carbocycles. The number of aromatic hydroxyl groups is 3. The molecule has 4 heteroatoms. The Morgan fingerprint density at radius 1 is 0.917 bits per heavy atom. The third kappa shape index (κ3) is 1.60. The average molecular weight is 170 g/mol. The fourth-order valence-electron chi connectivity index (χ4n) is 0.930. The molecular weight excluding hydrogens is 160 g/mol. The number of aliphatic hydroxyl groups excluding tert-OH is 1. The van der Waals surface area contributed by atoms with E-state index in [4.69, 9.17) is 20.4 Å². The maximum absolute atomic E-state index is 9.16. The van der Waals surface area contributed by atoms with Crippen LogP contribution in [0, 0.1) is 0 Å². The zero-order valence-corrected chi connectivity index (χ0v) is 6.36. The number of phenols is 3. The van der Waals surface area contributed by atoms with Crippen LogP contribution in [0.4, 0.5) is 0 Å². The molecule has 0 saturated heterocycles. The van der Waals surface area contributed by atoms with Crippen molar-refractivity contribution in [3.05, 3.63) is 17.7 Å². The summed E-state index contributed by atoms with van der Waals surface area (Å²) in [6.45, 7) is -0.113. The number of rotatable bonds is 2. The van der Waals surface area contributed by atoms with Gasteiger partial charge in [-0.1, -0.05) is 0 Å². The van der Waals surface area contributed by atoms with Crippen molar-refractivity contribution < 1.29 is 20.4 Å². The van der Waals surface area contributed by atoms with Crippen LogP contribution in [-0.2, 0) is 6.42 Å². The minimum Gasteiger partial charge on any atom is -0.508 e. The Morgan fingerprint density at radius 2 is 1.50 bits per heavy atom. The van der Waals surface area contributed by atoms with Gasteiger partial charge in [-0.2, -0.15) is 0 Å². The predicted octanol–water partition coefficient (Wildman–Crippen LogP) is 0.338. The topological polar surface area (TPSA) is 80.9 Å². The first kappa shape index (κ1) is 8.67. The van der Waals surface area contributed by atoms with Crippen LogP contribution in [-0.4, -0.2) is 27.0 Å². The molecule has 0 aliphatic heterocycles. The standard InChI is InChI=1S/C8H10O4/c9-2-1-5-3-7(11)8(12)4-6(5)10/h3-4,9-12H,1-2H2. The third-order valence-corrected chi connectivity index (χ3v) is 1.56. The summed E-state index contributed by atoms with van der Waals surface area (Å²) >= 11 is 0. The predicted molar refractivity (Wildman–Crippen MR) is 42.2 cm³/mol. The van der Waals surface area contributed by atoms with Crippen molar-refractivity contribution in [3.63, 3.8) is 0 Å². The van der Waals surface area contributed by atoms with E-state index in [1.165, 1.54) is 6.07 Å². The van der Waals surface area contributed by atoms with Crippen LogP contribution in [0.25, 0.3) is 0 Å². The summed E-state index contributed by atoms with van der Waals surface area (Å²) in [6, 6.07) is 2.27. The molecule has 0 aromatic heterocycles. The van der Waals surface area contributed by atoms with Crippen molar-refractivity contribution in [1.29, 1.82) is 0 Å². The Labute approximate surface area is 69.3 Å². The summed E-state index contributed by atoms with van der Waals surface area (Å²) in [5.74, 6) is -0.787. The molecule has 0 atom stereocenters. The van der Waals surface area contributed by atoms with E-state index in [1.54, 1.807) is 0 Å². The van der Waals surface area contributed by atoms with Gasteiger partial charge in [0.15, 0.2) is 11.5 Å². The summed E-state index contributed by atoms with van der Waals surface area (Å²) < 4.78 is 0. The average Bonchev–Trinajstić information content (AvgIpc) is 2.01. The van der Waals surface area contributed by atoms with Crippen molar-refractivity contribution in [2.45, 2.75) is 6.42 Å². The molecule has 0 aliphatic carbocycles. The number of aliphatic hydroxyl groups is 1. The van der Waals surface area contributed by atoms with Gasteiger partial charge in [0.2, 0.25) is 0 Å². The summed E-state index contributed by atoms with van der Waals surface area (Å²) in [5, 5.41) is 35.6. The molecule has 0 spiro atoms. The molecule has 0 fully saturated rings. The van der Waals surface area contributed by atoms with Crippen LogP contribution in [0.15, 0.2) is 12.1 Å². The second kappa shape index (κ2) is 3.32. The largest absolute Gasteiger partial charge is 0.508 e. The summed E-state index contributed by atoms with van der Waals surface area (Å²) in [7, 11) is 0. The summed E-state index contributed by atoms with van der Waals surface area (Å²) in [4.78, 5) is 0. The van der Waals surface area contributed by atoms with Gasteiger partial charge in [-0.3, -0.25) is 0 Å². The summed E-state index contributed by atoms with van der Waals surface area (Å²) in [6.07, 6.45) is 0.250. The van der Waals surface area contributed by atoms with E-state index >= 15 is 0 Å². The SMILES string of the molecule is OCCc1cc(O)c(O)cc1O. The monoisotopic (exact) mass is 170 g/mol. The van der Waals surface area contributed by atoms with E-state index < -0.39 is 0 Å². The lowest BCUT2D eigenvalue weighted by molar-refractivity contribution is 0.297. The van der Waals surface area contributed by atoms with Gasteiger partial charge in [0.05, 0.1) is 0 Å². The van der Waals surface area contributed by atoms with E-state index in [0.717, 1.165) is 6.07 Å². The van der Waals surface area contributed by atoms with Gasteiger partial charge in [0.1, 0.15) is 5.75 Å². The summed E-state index contributed by atoms with van der Waals surface area (Å²) in [5.41, 5.74) is 0.410. The number of hydrogen-bond acceptors (Lipinski definition) is 4. The maximum Gasteiger partial charge on any atom is 0.161 e. The number of hydrogen-bond donors (Lipinski definition) is 4. The van der Waals surface area contributed by atoms with Gasteiger partial charge in [0.25, 0.3) is 0 Å². The molecule has 12 heavy (non-hydrogen) atoms. The Bertz CT molecular complexity index is 283. The van der Waals surface area contributed by atoms with Crippen LogP contribution in [0.5, 0.6) is 17.2 Å². The first-order chi connectivity index (χ1) is 5.65. The van der Waals surface area contributed by atoms with Crippen molar-refractivity contribution in [2.75, 3.05) is 6.61 Å². The molecular formula is C8H10O4. The second-order valence-corrected chi connectivity index (χ2v) is 2.44. The van der Waals surface area contributed by atoms with E-state index in [1.807, 2.05) is 0 Å². The second-order valence-electron chi connectivity index (χ2n) is 2.44. The molecule has 4 nitrogen and oxygen atoms in total. The molecule has 0 amide bonds. The van der Waals surface area contributed by atoms with Gasteiger partial charge in [-0.25, -0.2) is 0 Å². The number of phenolic OH excluding ortho intramolecular Hbond substituents is 3. The molecule has 1 rings (SSSR count). The lowest BCUT2D eigenvalue weighted by Crippen LogP contribution is -1.90. The highest BCUT2D eigenvalue weighted by molar-refractivity contribution is 5.48. The first-order valence-electron chi connectivity index (χ1n) is 3.50. The first-order valence-corrected chi connectivity index (χ1v) is 3.50. The highest BCUT2D eigenvalue weighted by atomic mass is 16.3.